The molecule has 2 rings (SSSR count). The Morgan fingerprint density at radius 3 is 3.07 bits per heavy atom. The number of hydrazine groups is 1. The van der Waals surface area contributed by atoms with Crippen LogP contribution in [-0.2, 0) is 4.79 Å². The Hall–Kier alpha value is -1.75. The van der Waals surface area contributed by atoms with E-state index in [2.05, 4.69) is 5.43 Å². The number of fused-ring (bicyclic) bond motifs is 1. The molecule has 0 amide bonds. The van der Waals surface area contributed by atoms with E-state index in [-0.39, 0.29) is 0 Å². The van der Waals surface area contributed by atoms with Gasteiger partial charge in [0.15, 0.2) is 6.73 Å². The summed E-state index contributed by atoms with van der Waals surface area (Å²) in [7, 11) is 0. The minimum Gasteiger partial charge on any atom is -0.480 e. The number of rotatable bonds is 3. The Morgan fingerprint density at radius 2 is 2.33 bits per heavy atom. The summed E-state index contributed by atoms with van der Waals surface area (Å²) in [6.45, 7) is 1.92. The van der Waals surface area contributed by atoms with E-state index in [4.69, 9.17) is 9.84 Å². The van der Waals surface area contributed by atoms with Gasteiger partial charge in [-0.15, -0.1) is 0 Å². The molecule has 1 unspecified atom stereocenters. The van der Waals surface area contributed by atoms with Crippen molar-refractivity contribution in [3.8, 4) is 5.75 Å². The monoisotopic (exact) mass is 208 g/mol. The molecule has 1 aromatic carbocycles. The summed E-state index contributed by atoms with van der Waals surface area (Å²) in [4.78, 5) is 10.7. The molecule has 1 atom stereocenters. The minimum absolute atomic E-state index is 0.330. The summed E-state index contributed by atoms with van der Waals surface area (Å²) >= 11 is 0. The van der Waals surface area contributed by atoms with Gasteiger partial charge in [-0.05, 0) is 19.1 Å². The van der Waals surface area contributed by atoms with Crippen molar-refractivity contribution in [1.82, 2.24) is 5.43 Å². The first kappa shape index (κ1) is 9.79. The van der Waals surface area contributed by atoms with Crippen molar-refractivity contribution in [2.24, 2.45) is 0 Å². The van der Waals surface area contributed by atoms with Crippen LogP contribution in [-0.4, -0.2) is 23.8 Å². The van der Waals surface area contributed by atoms with Crippen molar-refractivity contribution in [2.45, 2.75) is 13.0 Å². The van der Waals surface area contributed by atoms with Gasteiger partial charge in [0.05, 0.1) is 5.69 Å². The van der Waals surface area contributed by atoms with Crippen molar-refractivity contribution in [2.75, 3.05) is 11.7 Å². The average molecular weight is 208 g/mol. The second-order valence-electron chi connectivity index (χ2n) is 3.36. The van der Waals surface area contributed by atoms with E-state index < -0.39 is 12.0 Å². The molecule has 0 fully saturated rings. The van der Waals surface area contributed by atoms with Crippen LogP contribution in [0.4, 0.5) is 5.69 Å². The van der Waals surface area contributed by atoms with Gasteiger partial charge >= 0.3 is 5.97 Å². The van der Waals surface area contributed by atoms with Crippen molar-refractivity contribution in [3.63, 3.8) is 0 Å². The largest absolute Gasteiger partial charge is 0.480 e. The molecule has 1 aromatic rings. The quantitative estimate of drug-likeness (QED) is 0.770. The highest BCUT2D eigenvalue weighted by atomic mass is 16.5. The topological polar surface area (TPSA) is 61.8 Å². The minimum atomic E-state index is -0.889. The predicted octanol–water partition coefficient (Wildman–Crippen LogP) is 0.821. The highest BCUT2D eigenvalue weighted by Gasteiger charge is 2.23. The molecule has 0 aliphatic carbocycles. The summed E-state index contributed by atoms with van der Waals surface area (Å²) in [5.74, 6) is -0.123. The molecule has 1 heterocycles. The van der Waals surface area contributed by atoms with Gasteiger partial charge in [-0.1, -0.05) is 12.1 Å². The maximum atomic E-state index is 10.7. The van der Waals surface area contributed by atoms with Crippen molar-refractivity contribution in [3.05, 3.63) is 24.3 Å². The number of aliphatic carboxylic acids is 1. The van der Waals surface area contributed by atoms with Gasteiger partial charge in [-0.3, -0.25) is 9.80 Å². The third-order valence-corrected chi connectivity index (χ3v) is 2.23. The number of ether oxygens (including phenoxy) is 1. The molecule has 0 radical (unpaired) electrons. The molecule has 5 heteroatoms. The maximum Gasteiger partial charge on any atom is 0.322 e. The Labute approximate surface area is 87.2 Å². The Bertz CT molecular complexity index is 381. The molecule has 0 saturated carbocycles. The molecule has 80 valence electrons. The summed E-state index contributed by atoms with van der Waals surface area (Å²) in [6, 6.07) is 6.85. The van der Waals surface area contributed by atoms with Crippen LogP contribution in [0.25, 0.3) is 0 Å². The molecule has 5 nitrogen and oxygen atoms in total. The van der Waals surface area contributed by atoms with Gasteiger partial charge < -0.3 is 9.84 Å². The van der Waals surface area contributed by atoms with Crippen LogP contribution in [0.2, 0.25) is 0 Å². The number of carboxylic acid groups (broad SMARTS) is 1. The number of carbonyl (C=O) groups is 1. The lowest BCUT2D eigenvalue weighted by atomic mass is 10.3. The second-order valence-corrected chi connectivity index (χ2v) is 3.36. The molecule has 0 saturated heterocycles. The number of carboxylic acids is 1. The highest BCUT2D eigenvalue weighted by molar-refractivity contribution is 5.73. The zero-order valence-corrected chi connectivity index (χ0v) is 8.30. The van der Waals surface area contributed by atoms with Crippen LogP contribution in [0.3, 0.4) is 0 Å². The number of benzene rings is 1. The third kappa shape index (κ3) is 1.87. The number of anilines is 1. The smallest absolute Gasteiger partial charge is 0.322 e. The van der Waals surface area contributed by atoms with Crippen LogP contribution < -0.4 is 15.2 Å². The first-order valence-corrected chi connectivity index (χ1v) is 4.67. The molecule has 1 aliphatic rings. The van der Waals surface area contributed by atoms with E-state index in [1.165, 1.54) is 0 Å². The number of hydrogen-bond donors (Lipinski definition) is 2. The van der Waals surface area contributed by atoms with Gasteiger partial charge in [0, 0.05) is 0 Å². The average Bonchev–Trinajstić information content (AvgIpc) is 2.62. The number of para-hydroxylation sites is 2. The van der Waals surface area contributed by atoms with E-state index in [1.807, 2.05) is 24.3 Å². The lowest BCUT2D eigenvalue weighted by molar-refractivity contribution is -0.139. The second kappa shape index (κ2) is 3.78. The van der Waals surface area contributed by atoms with Crippen molar-refractivity contribution < 1.29 is 14.6 Å². The van der Waals surface area contributed by atoms with Crippen LogP contribution in [0, 0.1) is 0 Å². The fourth-order valence-electron chi connectivity index (χ4n) is 1.40. The van der Waals surface area contributed by atoms with E-state index in [0.717, 1.165) is 11.4 Å². The normalized spacial score (nSPS) is 15.7. The lowest BCUT2D eigenvalue weighted by Crippen LogP contribution is -2.46. The van der Waals surface area contributed by atoms with Gasteiger partial charge in [0.1, 0.15) is 11.8 Å². The molecule has 0 bridgehead atoms. The summed E-state index contributed by atoms with van der Waals surface area (Å²) in [6.07, 6.45) is 0. The summed E-state index contributed by atoms with van der Waals surface area (Å²) in [5.41, 5.74) is 3.71. The third-order valence-electron chi connectivity index (χ3n) is 2.23. The number of nitrogens with zero attached hydrogens (tertiary/aromatic N) is 1. The first-order chi connectivity index (χ1) is 7.18. The van der Waals surface area contributed by atoms with Gasteiger partial charge in [0.2, 0.25) is 0 Å². The first-order valence-electron chi connectivity index (χ1n) is 4.67. The standard InChI is InChI=1S/C10H12N2O3/c1-7(10(13)14)11-12-6-15-9-5-3-2-4-8(9)12/h2-5,7,11H,6H2,1H3,(H,13,14). The van der Waals surface area contributed by atoms with Crippen molar-refractivity contribution in [1.29, 1.82) is 0 Å². The zero-order valence-electron chi connectivity index (χ0n) is 8.30. The van der Waals surface area contributed by atoms with E-state index in [9.17, 15) is 4.79 Å². The van der Waals surface area contributed by atoms with E-state index in [0.29, 0.717) is 6.73 Å². The molecule has 0 spiro atoms. The molecule has 0 aromatic heterocycles. The van der Waals surface area contributed by atoms with Crippen LogP contribution in [0.1, 0.15) is 6.92 Å². The number of hydrogen-bond acceptors (Lipinski definition) is 4. The van der Waals surface area contributed by atoms with E-state index in [1.54, 1.807) is 11.9 Å². The Kier molecular flexibility index (Phi) is 2.47. The molecule has 2 N–H and O–H groups in total. The van der Waals surface area contributed by atoms with Crippen LogP contribution in [0.15, 0.2) is 24.3 Å². The van der Waals surface area contributed by atoms with Gasteiger partial charge in [-0.25, -0.2) is 5.43 Å². The fourth-order valence-corrected chi connectivity index (χ4v) is 1.40. The molecule has 1 aliphatic heterocycles. The van der Waals surface area contributed by atoms with Gasteiger partial charge in [-0.2, -0.15) is 0 Å². The number of nitrogens with one attached hydrogen (secondary N) is 1. The van der Waals surface area contributed by atoms with Crippen LogP contribution >= 0.6 is 0 Å². The zero-order chi connectivity index (χ0) is 10.8. The van der Waals surface area contributed by atoms with Crippen LogP contribution in [0.5, 0.6) is 5.75 Å². The SMILES string of the molecule is CC(NN1COc2ccccc21)C(=O)O. The Morgan fingerprint density at radius 1 is 1.60 bits per heavy atom. The molecular formula is C10H12N2O3. The molecule has 15 heavy (non-hydrogen) atoms. The summed E-state index contributed by atoms with van der Waals surface area (Å²) in [5, 5.41) is 10.4. The highest BCUT2D eigenvalue weighted by Crippen LogP contribution is 2.31. The molecular weight excluding hydrogens is 196 g/mol. The summed E-state index contributed by atoms with van der Waals surface area (Å²) < 4.78 is 5.36. The van der Waals surface area contributed by atoms with E-state index >= 15 is 0 Å². The van der Waals surface area contributed by atoms with Gasteiger partial charge in [0.25, 0.3) is 0 Å². The fraction of sp³-hybridized carbons (Fsp3) is 0.300. The maximum absolute atomic E-state index is 10.7. The Balaban J connectivity index is 2.11. The predicted molar refractivity (Wildman–Crippen MR) is 54.6 cm³/mol. The van der Waals surface area contributed by atoms with Crippen molar-refractivity contribution >= 4 is 11.7 Å². The lowest BCUT2D eigenvalue weighted by Gasteiger charge is -2.20.